The van der Waals surface area contributed by atoms with Crippen LogP contribution >= 0.6 is 11.6 Å². The second kappa shape index (κ2) is 7.86. The van der Waals surface area contributed by atoms with E-state index in [4.69, 9.17) is 22.1 Å². The predicted octanol–water partition coefficient (Wildman–Crippen LogP) is 2.54. The highest BCUT2D eigenvalue weighted by Gasteiger charge is 2.21. The van der Waals surface area contributed by atoms with Crippen molar-refractivity contribution in [2.24, 2.45) is 0 Å². The van der Waals surface area contributed by atoms with Crippen LogP contribution in [0.1, 0.15) is 44.4 Å². The van der Waals surface area contributed by atoms with E-state index in [-0.39, 0.29) is 13.0 Å². The molecule has 6 nitrogen and oxygen atoms in total. The minimum atomic E-state index is -1.12. The topological polar surface area (TPSA) is 105 Å². The summed E-state index contributed by atoms with van der Waals surface area (Å²) in [5.41, 5.74) is 6.82. The molecule has 1 rings (SSSR count). The molecule has 0 aliphatic rings. The number of aryl methyl sites for hydroxylation is 1. The lowest BCUT2D eigenvalue weighted by atomic mass is 9.99. The number of anilines is 1. The fraction of sp³-hybridized carbons (Fsp3) is 0.562. The van der Waals surface area contributed by atoms with Crippen molar-refractivity contribution in [1.29, 1.82) is 0 Å². The van der Waals surface area contributed by atoms with E-state index in [0.29, 0.717) is 16.3 Å². The molecule has 2 unspecified atom stereocenters. The zero-order chi connectivity index (χ0) is 17.8. The summed E-state index contributed by atoms with van der Waals surface area (Å²) in [5.74, 6) is 0. The number of carbonyl (C=O) groups excluding carboxylic acids is 1. The molecule has 7 heteroatoms. The minimum Gasteiger partial charge on any atom is -0.444 e. The summed E-state index contributed by atoms with van der Waals surface area (Å²) < 4.78 is 5.08. The maximum absolute atomic E-state index is 11.5. The number of rotatable bonds is 5. The first kappa shape index (κ1) is 19.5. The van der Waals surface area contributed by atoms with Crippen LogP contribution in [-0.2, 0) is 4.74 Å². The Kier molecular flexibility index (Phi) is 6.68. The van der Waals surface area contributed by atoms with Crippen LogP contribution in [0.5, 0.6) is 0 Å². The zero-order valence-electron chi connectivity index (χ0n) is 13.9. The van der Waals surface area contributed by atoms with E-state index in [1.54, 1.807) is 33.8 Å². The molecule has 0 fully saturated rings. The summed E-state index contributed by atoms with van der Waals surface area (Å²) in [5, 5.41) is 23.1. The lowest BCUT2D eigenvalue weighted by Crippen LogP contribution is -2.34. The maximum Gasteiger partial charge on any atom is 0.407 e. The summed E-state index contributed by atoms with van der Waals surface area (Å²) in [6.45, 7) is 7.23. The third-order valence-electron chi connectivity index (χ3n) is 3.17. The van der Waals surface area contributed by atoms with Gasteiger partial charge in [-0.3, -0.25) is 0 Å². The fourth-order valence-corrected chi connectivity index (χ4v) is 2.24. The van der Waals surface area contributed by atoms with E-state index in [1.165, 1.54) is 6.07 Å². The number of hydrogen-bond donors (Lipinski definition) is 4. The van der Waals surface area contributed by atoms with Crippen molar-refractivity contribution in [2.45, 2.75) is 51.9 Å². The Morgan fingerprint density at radius 3 is 2.52 bits per heavy atom. The van der Waals surface area contributed by atoms with Crippen LogP contribution in [0.4, 0.5) is 10.5 Å². The number of nitrogen functional groups attached to an aromatic ring is 1. The first-order valence-electron chi connectivity index (χ1n) is 7.39. The average Bonchev–Trinajstić information content (AvgIpc) is 2.41. The van der Waals surface area contributed by atoms with E-state index in [0.717, 1.165) is 5.56 Å². The molecule has 1 aromatic rings. The third kappa shape index (κ3) is 6.25. The highest BCUT2D eigenvalue weighted by molar-refractivity contribution is 6.33. The molecular formula is C16H25ClN2O4. The summed E-state index contributed by atoms with van der Waals surface area (Å²) >= 11 is 5.98. The molecule has 0 aromatic heterocycles. The summed E-state index contributed by atoms with van der Waals surface area (Å²) in [6, 6.07) is 3.20. The van der Waals surface area contributed by atoms with E-state index in [1.807, 2.05) is 0 Å². The molecule has 0 saturated heterocycles. The van der Waals surface area contributed by atoms with Crippen LogP contribution in [0.25, 0.3) is 0 Å². The van der Waals surface area contributed by atoms with Gasteiger partial charge in [0, 0.05) is 6.54 Å². The van der Waals surface area contributed by atoms with Gasteiger partial charge >= 0.3 is 6.09 Å². The van der Waals surface area contributed by atoms with Crippen LogP contribution in [-0.4, -0.2) is 34.6 Å². The molecular weight excluding hydrogens is 320 g/mol. The SMILES string of the molecule is Cc1cc(C(O)C(O)CCNC(=O)OC(C)(C)C)cc(Cl)c1N. The number of halogens is 1. The first-order chi connectivity index (χ1) is 10.5. The van der Waals surface area contributed by atoms with Crippen LogP contribution in [0.3, 0.4) is 0 Å². The van der Waals surface area contributed by atoms with Gasteiger partial charge in [0.05, 0.1) is 16.8 Å². The zero-order valence-corrected chi connectivity index (χ0v) is 14.6. The second-order valence-corrected chi connectivity index (χ2v) is 6.87. The molecule has 5 N–H and O–H groups in total. The molecule has 0 saturated carbocycles. The predicted molar refractivity (Wildman–Crippen MR) is 90.4 cm³/mol. The number of nitrogens with two attached hydrogens (primary N) is 1. The number of ether oxygens (including phenoxy) is 1. The van der Waals surface area contributed by atoms with E-state index in [9.17, 15) is 15.0 Å². The number of amides is 1. The minimum absolute atomic E-state index is 0.168. The van der Waals surface area contributed by atoms with Gasteiger partial charge in [-0.15, -0.1) is 0 Å². The number of aliphatic hydroxyl groups excluding tert-OH is 2. The van der Waals surface area contributed by atoms with Crippen LogP contribution in [0.15, 0.2) is 12.1 Å². The molecule has 130 valence electrons. The molecule has 0 bridgehead atoms. The second-order valence-electron chi connectivity index (χ2n) is 6.46. The van der Waals surface area contributed by atoms with E-state index in [2.05, 4.69) is 5.32 Å². The number of aliphatic hydroxyl groups is 2. The van der Waals surface area contributed by atoms with Gasteiger partial charge in [0.25, 0.3) is 0 Å². The molecule has 23 heavy (non-hydrogen) atoms. The lowest BCUT2D eigenvalue weighted by Gasteiger charge is -2.21. The summed E-state index contributed by atoms with van der Waals surface area (Å²) in [7, 11) is 0. The van der Waals surface area contributed by atoms with Gasteiger partial charge in [0.15, 0.2) is 0 Å². The monoisotopic (exact) mass is 344 g/mol. The largest absolute Gasteiger partial charge is 0.444 e. The normalized spacial score (nSPS) is 14.2. The maximum atomic E-state index is 11.5. The molecule has 1 aromatic carbocycles. The molecule has 0 radical (unpaired) electrons. The van der Waals surface area contributed by atoms with Crippen molar-refractivity contribution < 1.29 is 19.7 Å². The Morgan fingerprint density at radius 1 is 1.39 bits per heavy atom. The highest BCUT2D eigenvalue weighted by atomic mass is 35.5. The Hall–Kier alpha value is -1.50. The molecule has 0 aliphatic carbocycles. The average molecular weight is 345 g/mol. The van der Waals surface area contributed by atoms with Crippen molar-refractivity contribution in [3.63, 3.8) is 0 Å². The number of alkyl carbamates (subject to hydrolysis) is 1. The smallest absolute Gasteiger partial charge is 0.407 e. The van der Waals surface area contributed by atoms with Gasteiger partial charge in [-0.1, -0.05) is 17.7 Å². The van der Waals surface area contributed by atoms with Crippen molar-refractivity contribution in [1.82, 2.24) is 5.32 Å². The van der Waals surface area contributed by atoms with E-state index < -0.39 is 23.9 Å². The van der Waals surface area contributed by atoms with Crippen LogP contribution in [0, 0.1) is 6.92 Å². The van der Waals surface area contributed by atoms with Gasteiger partial charge in [-0.05, 0) is 51.3 Å². The number of nitrogens with one attached hydrogen (secondary N) is 1. The number of hydrogen-bond acceptors (Lipinski definition) is 5. The third-order valence-corrected chi connectivity index (χ3v) is 3.49. The van der Waals surface area contributed by atoms with Gasteiger partial charge < -0.3 is 26.0 Å². The standard InChI is InChI=1S/C16H25ClN2O4/c1-9-7-10(8-11(17)13(9)18)14(21)12(20)5-6-19-15(22)23-16(2,3)4/h7-8,12,14,20-21H,5-6,18H2,1-4H3,(H,19,22). The Balaban J connectivity index is 2.55. The molecule has 0 heterocycles. The van der Waals surface area contributed by atoms with E-state index >= 15 is 0 Å². The highest BCUT2D eigenvalue weighted by Crippen LogP contribution is 2.29. The van der Waals surface area contributed by atoms with Crippen molar-refractivity contribution >= 4 is 23.4 Å². The molecule has 0 spiro atoms. The van der Waals surface area contributed by atoms with Crippen LogP contribution < -0.4 is 11.1 Å². The Labute approximate surface area is 141 Å². The van der Waals surface area contributed by atoms with Gasteiger partial charge in [0.1, 0.15) is 11.7 Å². The van der Waals surface area contributed by atoms with Gasteiger partial charge in [-0.25, -0.2) is 4.79 Å². The van der Waals surface area contributed by atoms with Crippen molar-refractivity contribution in [3.8, 4) is 0 Å². The molecule has 1 amide bonds. The summed E-state index contributed by atoms with van der Waals surface area (Å²) in [4.78, 5) is 11.5. The van der Waals surface area contributed by atoms with Crippen LogP contribution in [0.2, 0.25) is 5.02 Å². The van der Waals surface area contributed by atoms with Gasteiger partial charge in [-0.2, -0.15) is 0 Å². The number of carbonyl (C=O) groups is 1. The first-order valence-corrected chi connectivity index (χ1v) is 7.77. The number of benzene rings is 1. The lowest BCUT2D eigenvalue weighted by molar-refractivity contribution is 0.0123. The summed E-state index contributed by atoms with van der Waals surface area (Å²) in [6.07, 6.45) is -2.57. The van der Waals surface area contributed by atoms with Gasteiger partial charge in [0.2, 0.25) is 0 Å². The fourth-order valence-electron chi connectivity index (χ4n) is 1.97. The molecule has 2 atom stereocenters. The quantitative estimate of drug-likeness (QED) is 0.614. The van der Waals surface area contributed by atoms with Crippen molar-refractivity contribution in [2.75, 3.05) is 12.3 Å². The van der Waals surface area contributed by atoms with Crippen molar-refractivity contribution in [3.05, 3.63) is 28.3 Å². The Morgan fingerprint density at radius 2 is 2.00 bits per heavy atom. The molecule has 0 aliphatic heterocycles. The Bertz CT molecular complexity index is 534.